The molecule has 0 fully saturated rings. The third-order valence-electron chi connectivity index (χ3n) is 7.66. The smallest absolute Gasteiger partial charge is 0.351 e. The van der Waals surface area contributed by atoms with Gasteiger partial charge >= 0.3 is 35.1 Å². The van der Waals surface area contributed by atoms with E-state index in [1.165, 1.54) is 26.0 Å². The molecule has 0 unspecified atom stereocenters. The summed E-state index contributed by atoms with van der Waals surface area (Å²) in [6.45, 7) is 3.54. The SMILES string of the molecule is CC(=O)OCc1ccc2oc(=O)c(C(=O)Oc3ccc(CN)cc3)cc2c1.CC(=O)OCc1ccc2oc(=O)c(C(=O)Oc3ccc(CN)cc3)cc2c1.Cl.Cl.O. The highest BCUT2D eigenvalue weighted by atomic mass is 35.5. The standard InChI is InChI=1S/2C20H17NO6.2ClH.H2O/c2*1-12(22)25-11-14-4-7-18-15(8-14)9-17(20(24)27-18)19(23)26-16-5-2-13(10-21)3-6-16;;;/h2*2-9H,10-11,21H2,1H3;2*1H;1H2. The average Bonchev–Trinajstić information content (AvgIpc) is 3.16. The first kappa shape index (κ1) is 46.8. The van der Waals surface area contributed by atoms with Crippen LogP contribution in [-0.2, 0) is 45.4 Å². The van der Waals surface area contributed by atoms with Crippen LogP contribution >= 0.6 is 24.8 Å². The predicted molar refractivity (Wildman–Crippen MR) is 213 cm³/mol. The van der Waals surface area contributed by atoms with E-state index in [-0.39, 0.29) is 54.6 Å². The summed E-state index contributed by atoms with van der Waals surface area (Å²) in [6.07, 6.45) is 0. The van der Waals surface area contributed by atoms with Gasteiger partial charge in [0.15, 0.2) is 0 Å². The van der Waals surface area contributed by atoms with E-state index < -0.39 is 35.1 Å². The summed E-state index contributed by atoms with van der Waals surface area (Å²) in [6, 6.07) is 26.0. The van der Waals surface area contributed by atoms with Crippen LogP contribution in [0.5, 0.6) is 11.5 Å². The number of rotatable bonds is 10. The van der Waals surface area contributed by atoms with Gasteiger partial charge in [-0.05, 0) is 82.9 Å². The van der Waals surface area contributed by atoms with Crippen molar-refractivity contribution in [3.05, 3.63) is 151 Å². The van der Waals surface area contributed by atoms with Crippen molar-refractivity contribution in [3.8, 4) is 11.5 Å². The Balaban J connectivity index is 0.000000374. The Kier molecular flexibility index (Phi) is 17.8. The van der Waals surface area contributed by atoms with Crippen molar-refractivity contribution >= 4 is 70.6 Å². The minimum absolute atomic E-state index is 0. The Labute approximate surface area is 336 Å². The Bertz CT molecular complexity index is 2290. The minimum Gasteiger partial charge on any atom is -0.461 e. The van der Waals surface area contributed by atoms with Crippen LogP contribution in [0.3, 0.4) is 0 Å². The van der Waals surface area contributed by atoms with Gasteiger partial charge in [-0.3, -0.25) is 9.59 Å². The zero-order chi connectivity index (χ0) is 38.8. The molecule has 17 heteroatoms. The molecule has 0 atom stereocenters. The lowest BCUT2D eigenvalue weighted by Gasteiger charge is -2.06. The number of carbonyl (C=O) groups excluding carboxylic acids is 4. The third kappa shape index (κ3) is 12.8. The van der Waals surface area contributed by atoms with Gasteiger partial charge in [-0.15, -0.1) is 24.8 Å². The summed E-state index contributed by atoms with van der Waals surface area (Å²) < 4.78 is 30.7. The second-order valence-electron chi connectivity index (χ2n) is 11.7. The highest BCUT2D eigenvalue weighted by molar-refractivity contribution is 5.95. The van der Waals surface area contributed by atoms with Crippen LogP contribution in [0.2, 0.25) is 0 Å². The van der Waals surface area contributed by atoms with Gasteiger partial charge in [-0.25, -0.2) is 19.2 Å². The van der Waals surface area contributed by atoms with Gasteiger partial charge in [0.2, 0.25) is 0 Å². The van der Waals surface area contributed by atoms with Crippen molar-refractivity contribution in [2.45, 2.75) is 40.2 Å². The first-order valence-corrected chi connectivity index (χ1v) is 16.3. The summed E-state index contributed by atoms with van der Waals surface area (Å²) >= 11 is 0. The molecule has 0 saturated heterocycles. The number of fused-ring (bicyclic) bond motifs is 2. The molecule has 0 aliphatic heterocycles. The van der Waals surface area contributed by atoms with E-state index in [4.69, 9.17) is 39.2 Å². The Hall–Kier alpha value is -6.36. The first-order chi connectivity index (χ1) is 25.9. The quantitative estimate of drug-likeness (QED) is 0.104. The Morgan fingerprint density at radius 3 is 1.18 bits per heavy atom. The van der Waals surface area contributed by atoms with Gasteiger partial charge in [0.05, 0.1) is 0 Å². The van der Waals surface area contributed by atoms with E-state index >= 15 is 0 Å². The van der Waals surface area contributed by atoms with Crippen molar-refractivity contribution < 1.29 is 52.4 Å². The molecule has 0 amide bonds. The molecule has 2 aromatic heterocycles. The first-order valence-electron chi connectivity index (χ1n) is 16.3. The largest absolute Gasteiger partial charge is 0.461 e. The van der Waals surface area contributed by atoms with Crippen LogP contribution in [-0.4, -0.2) is 29.4 Å². The lowest BCUT2D eigenvalue weighted by atomic mass is 10.1. The number of benzene rings is 4. The van der Waals surface area contributed by atoms with Crippen LogP contribution in [0.4, 0.5) is 0 Å². The number of ether oxygens (including phenoxy) is 4. The molecule has 6 aromatic rings. The second-order valence-corrected chi connectivity index (χ2v) is 11.7. The summed E-state index contributed by atoms with van der Waals surface area (Å²) in [5.74, 6) is -1.87. The molecule has 0 radical (unpaired) electrons. The van der Waals surface area contributed by atoms with Crippen LogP contribution in [0.1, 0.15) is 56.8 Å². The number of halogens is 2. The molecule has 15 nitrogen and oxygen atoms in total. The highest BCUT2D eigenvalue weighted by Gasteiger charge is 2.18. The van der Waals surface area contributed by atoms with Crippen molar-refractivity contribution in [1.82, 2.24) is 0 Å². The fraction of sp³-hybridized carbons (Fsp3) is 0.150. The van der Waals surface area contributed by atoms with Crippen molar-refractivity contribution in [2.24, 2.45) is 11.5 Å². The van der Waals surface area contributed by atoms with Gasteiger partial charge in [0, 0.05) is 37.7 Å². The van der Waals surface area contributed by atoms with Gasteiger partial charge in [0.25, 0.3) is 0 Å². The van der Waals surface area contributed by atoms with E-state index in [9.17, 15) is 28.8 Å². The molecule has 0 saturated carbocycles. The normalized spacial score (nSPS) is 10.0. The van der Waals surface area contributed by atoms with E-state index in [1.54, 1.807) is 84.9 Å². The Morgan fingerprint density at radius 2 is 0.860 bits per heavy atom. The lowest BCUT2D eigenvalue weighted by Crippen LogP contribution is -2.18. The van der Waals surface area contributed by atoms with Gasteiger partial charge < -0.3 is 44.7 Å². The molecule has 300 valence electrons. The van der Waals surface area contributed by atoms with E-state index in [1.807, 2.05) is 0 Å². The molecule has 6 N–H and O–H groups in total. The van der Waals surface area contributed by atoms with Gasteiger partial charge in [0.1, 0.15) is 47.0 Å². The summed E-state index contributed by atoms with van der Waals surface area (Å²) in [5.41, 5.74) is 12.8. The van der Waals surface area contributed by atoms with Crippen LogP contribution in [0.25, 0.3) is 21.9 Å². The molecule has 0 spiro atoms. The maximum absolute atomic E-state index is 12.4. The lowest BCUT2D eigenvalue weighted by molar-refractivity contribution is -0.143. The predicted octanol–water partition coefficient (Wildman–Crippen LogP) is 5.09. The number of hydrogen-bond acceptors (Lipinski definition) is 14. The zero-order valence-electron chi connectivity index (χ0n) is 30.4. The van der Waals surface area contributed by atoms with Gasteiger partial charge in [-0.2, -0.15) is 0 Å². The third-order valence-corrected chi connectivity index (χ3v) is 7.66. The molecule has 0 bridgehead atoms. The van der Waals surface area contributed by atoms with E-state index in [0.29, 0.717) is 57.7 Å². The minimum atomic E-state index is -0.823. The molecular weight excluding hydrogens is 787 g/mol. The fourth-order valence-electron chi connectivity index (χ4n) is 4.89. The fourth-order valence-corrected chi connectivity index (χ4v) is 4.89. The summed E-state index contributed by atoms with van der Waals surface area (Å²) in [4.78, 5) is 70.8. The molecule has 0 aliphatic rings. The van der Waals surface area contributed by atoms with Crippen molar-refractivity contribution in [3.63, 3.8) is 0 Å². The van der Waals surface area contributed by atoms with Crippen LogP contribution < -0.4 is 32.2 Å². The summed E-state index contributed by atoms with van der Waals surface area (Å²) in [5, 5.41) is 1.04. The number of hydrogen-bond donors (Lipinski definition) is 2. The molecular formula is C40H38Cl2N2O13. The zero-order valence-corrected chi connectivity index (χ0v) is 32.1. The molecule has 4 aromatic carbocycles. The maximum Gasteiger partial charge on any atom is 0.351 e. The maximum atomic E-state index is 12.4. The second kappa shape index (κ2) is 21.7. The number of esters is 4. The van der Waals surface area contributed by atoms with Gasteiger partial charge in [-0.1, -0.05) is 36.4 Å². The molecule has 6 rings (SSSR count). The average molecular weight is 826 g/mol. The van der Waals surface area contributed by atoms with Crippen molar-refractivity contribution in [2.75, 3.05) is 0 Å². The van der Waals surface area contributed by atoms with Crippen LogP contribution in [0.15, 0.2) is 115 Å². The molecule has 0 aliphatic carbocycles. The highest BCUT2D eigenvalue weighted by Crippen LogP contribution is 2.20. The van der Waals surface area contributed by atoms with E-state index in [0.717, 1.165) is 11.1 Å². The summed E-state index contributed by atoms with van der Waals surface area (Å²) in [7, 11) is 0. The number of carbonyl (C=O) groups is 4. The molecule has 2 heterocycles. The van der Waals surface area contributed by atoms with Crippen LogP contribution in [0, 0.1) is 0 Å². The van der Waals surface area contributed by atoms with E-state index in [2.05, 4.69) is 0 Å². The van der Waals surface area contributed by atoms with Crippen molar-refractivity contribution in [1.29, 1.82) is 0 Å². The monoisotopic (exact) mass is 824 g/mol. The Morgan fingerprint density at radius 1 is 0.526 bits per heavy atom. The topological polar surface area (TPSA) is 249 Å². The molecule has 57 heavy (non-hydrogen) atoms. The number of nitrogens with two attached hydrogens (primary N) is 2.